The van der Waals surface area contributed by atoms with Crippen molar-refractivity contribution < 1.29 is 12.8 Å². The van der Waals surface area contributed by atoms with E-state index in [1.54, 1.807) is 17.6 Å². The summed E-state index contributed by atoms with van der Waals surface area (Å²) < 4.78 is 40.9. The van der Waals surface area contributed by atoms with Crippen LogP contribution in [0.25, 0.3) is 0 Å². The molecule has 1 heterocycles. The fraction of sp³-hybridized carbons (Fsp3) is 0.158. The van der Waals surface area contributed by atoms with Crippen LogP contribution in [-0.4, -0.2) is 13.0 Å². The standard InChI is InChI=1S/C19H18ClFN2O2S/c1-12-13(2)23(11-14-4-3-5-15(20)10-14)19(22)18(12)26(24,25)17-8-6-16(21)7-9-17/h3-10H,11,22H2,1-2H3. The van der Waals surface area contributed by atoms with Gasteiger partial charge in [0.15, 0.2) is 0 Å². The minimum absolute atomic E-state index is 0.00797. The Labute approximate surface area is 156 Å². The first-order valence-electron chi connectivity index (χ1n) is 7.92. The highest BCUT2D eigenvalue weighted by molar-refractivity contribution is 7.91. The van der Waals surface area contributed by atoms with Crippen molar-refractivity contribution in [2.24, 2.45) is 0 Å². The summed E-state index contributed by atoms with van der Waals surface area (Å²) in [5.41, 5.74) is 8.46. The number of halogens is 2. The lowest BCUT2D eigenvalue weighted by Gasteiger charge is -2.10. The molecule has 26 heavy (non-hydrogen) atoms. The average molecular weight is 393 g/mol. The minimum atomic E-state index is -3.86. The summed E-state index contributed by atoms with van der Waals surface area (Å²) in [5.74, 6) is -0.340. The van der Waals surface area contributed by atoms with Gasteiger partial charge in [0, 0.05) is 17.3 Å². The summed E-state index contributed by atoms with van der Waals surface area (Å²) in [6.07, 6.45) is 0. The topological polar surface area (TPSA) is 65.1 Å². The van der Waals surface area contributed by atoms with Gasteiger partial charge in [0.1, 0.15) is 16.5 Å². The normalized spacial score (nSPS) is 11.7. The van der Waals surface area contributed by atoms with Crippen molar-refractivity contribution in [1.82, 2.24) is 4.57 Å². The van der Waals surface area contributed by atoms with E-state index in [1.807, 2.05) is 25.1 Å². The second-order valence-electron chi connectivity index (χ2n) is 6.10. The van der Waals surface area contributed by atoms with E-state index in [2.05, 4.69) is 0 Å². The zero-order chi connectivity index (χ0) is 19.1. The van der Waals surface area contributed by atoms with Gasteiger partial charge in [-0.1, -0.05) is 23.7 Å². The maximum atomic E-state index is 13.1. The summed E-state index contributed by atoms with van der Waals surface area (Å²) in [6, 6.07) is 12.0. The van der Waals surface area contributed by atoms with Gasteiger partial charge in [-0.3, -0.25) is 0 Å². The third kappa shape index (κ3) is 3.22. The van der Waals surface area contributed by atoms with E-state index in [1.165, 1.54) is 12.1 Å². The van der Waals surface area contributed by atoms with Crippen LogP contribution in [0.1, 0.15) is 16.8 Å². The lowest BCUT2D eigenvalue weighted by atomic mass is 10.2. The molecule has 0 aliphatic carbocycles. The molecule has 2 aromatic carbocycles. The number of hydrogen-bond acceptors (Lipinski definition) is 3. The number of aromatic nitrogens is 1. The van der Waals surface area contributed by atoms with Gasteiger partial charge in [-0.25, -0.2) is 12.8 Å². The monoisotopic (exact) mass is 392 g/mol. The number of nitrogens with zero attached hydrogens (tertiary/aromatic N) is 1. The molecule has 0 fully saturated rings. The molecule has 136 valence electrons. The van der Waals surface area contributed by atoms with Gasteiger partial charge in [-0.15, -0.1) is 0 Å². The molecule has 4 nitrogen and oxygen atoms in total. The predicted octanol–water partition coefficient (Wildman–Crippen LogP) is 4.36. The molecular formula is C19H18ClFN2O2S. The van der Waals surface area contributed by atoms with Crippen molar-refractivity contribution in [1.29, 1.82) is 0 Å². The van der Waals surface area contributed by atoms with Crippen LogP contribution in [-0.2, 0) is 16.4 Å². The number of rotatable bonds is 4. The molecule has 2 N–H and O–H groups in total. The quantitative estimate of drug-likeness (QED) is 0.671. The number of benzene rings is 2. The molecule has 0 spiro atoms. The van der Waals surface area contributed by atoms with E-state index in [-0.39, 0.29) is 15.6 Å². The van der Waals surface area contributed by atoms with Crippen LogP contribution in [0.15, 0.2) is 58.3 Å². The van der Waals surface area contributed by atoms with Crippen molar-refractivity contribution in [3.8, 4) is 0 Å². The van der Waals surface area contributed by atoms with Gasteiger partial charge in [-0.2, -0.15) is 0 Å². The fourth-order valence-electron chi connectivity index (χ4n) is 2.95. The van der Waals surface area contributed by atoms with Crippen LogP contribution in [0.2, 0.25) is 5.02 Å². The molecule has 0 bridgehead atoms. The molecule has 0 amide bonds. The smallest absolute Gasteiger partial charge is 0.210 e. The molecule has 0 saturated carbocycles. The molecule has 3 rings (SSSR count). The van der Waals surface area contributed by atoms with Crippen LogP contribution in [0.4, 0.5) is 10.2 Å². The highest BCUT2D eigenvalue weighted by atomic mass is 35.5. The van der Waals surface area contributed by atoms with Gasteiger partial charge < -0.3 is 10.3 Å². The van der Waals surface area contributed by atoms with E-state index in [0.717, 1.165) is 23.4 Å². The first-order valence-corrected chi connectivity index (χ1v) is 9.78. The first-order chi connectivity index (χ1) is 12.2. The van der Waals surface area contributed by atoms with Crippen molar-refractivity contribution in [2.75, 3.05) is 5.73 Å². The summed E-state index contributed by atoms with van der Waals surface area (Å²) >= 11 is 6.03. The Morgan fingerprint density at radius 3 is 2.38 bits per heavy atom. The largest absolute Gasteiger partial charge is 0.384 e. The summed E-state index contributed by atoms with van der Waals surface area (Å²) in [6.45, 7) is 3.94. The highest BCUT2D eigenvalue weighted by Gasteiger charge is 2.28. The lowest BCUT2D eigenvalue weighted by Crippen LogP contribution is -2.09. The van der Waals surface area contributed by atoms with Crippen molar-refractivity contribution in [3.63, 3.8) is 0 Å². The molecule has 0 atom stereocenters. The van der Waals surface area contributed by atoms with Crippen LogP contribution < -0.4 is 5.73 Å². The Morgan fingerprint density at radius 1 is 1.12 bits per heavy atom. The van der Waals surface area contributed by atoms with Crippen molar-refractivity contribution >= 4 is 27.3 Å². The van der Waals surface area contributed by atoms with E-state index in [4.69, 9.17) is 17.3 Å². The van der Waals surface area contributed by atoms with Crippen LogP contribution in [0.3, 0.4) is 0 Å². The maximum Gasteiger partial charge on any atom is 0.210 e. The number of hydrogen-bond donors (Lipinski definition) is 1. The number of sulfone groups is 1. The zero-order valence-electron chi connectivity index (χ0n) is 14.3. The Bertz CT molecular complexity index is 1070. The van der Waals surface area contributed by atoms with E-state index in [9.17, 15) is 12.8 Å². The first kappa shape index (κ1) is 18.5. The third-order valence-electron chi connectivity index (χ3n) is 4.43. The molecule has 0 radical (unpaired) electrons. The van der Waals surface area contributed by atoms with Gasteiger partial charge in [0.25, 0.3) is 0 Å². The lowest BCUT2D eigenvalue weighted by molar-refractivity contribution is 0.594. The highest BCUT2D eigenvalue weighted by Crippen LogP contribution is 2.34. The SMILES string of the molecule is Cc1c(S(=O)(=O)c2ccc(F)cc2)c(N)n(Cc2cccc(Cl)c2)c1C. The molecule has 7 heteroatoms. The van der Waals surface area contributed by atoms with Gasteiger partial charge in [-0.05, 0) is 61.4 Å². The number of nitrogen functional groups attached to an aromatic ring is 1. The molecule has 1 aromatic heterocycles. The van der Waals surface area contributed by atoms with Crippen molar-refractivity contribution in [3.05, 3.63) is 76.2 Å². The van der Waals surface area contributed by atoms with E-state index >= 15 is 0 Å². The Balaban J connectivity index is 2.11. The second kappa shape index (κ2) is 6.78. The molecule has 0 unspecified atom stereocenters. The number of nitrogens with two attached hydrogens (primary N) is 1. The molecular weight excluding hydrogens is 375 g/mol. The van der Waals surface area contributed by atoms with E-state index in [0.29, 0.717) is 17.1 Å². The molecule has 0 saturated heterocycles. The van der Waals surface area contributed by atoms with Crippen LogP contribution >= 0.6 is 11.6 Å². The fourth-order valence-corrected chi connectivity index (χ4v) is 4.83. The minimum Gasteiger partial charge on any atom is -0.384 e. The van der Waals surface area contributed by atoms with Crippen LogP contribution in [0.5, 0.6) is 0 Å². The van der Waals surface area contributed by atoms with E-state index < -0.39 is 15.7 Å². The Kier molecular flexibility index (Phi) is 4.82. The maximum absolute atomic E-state index is 13.1. The second-order valence-corrected chi connectivity index (χ2v) is 8.42. The Morgan fingerprint density at radius 2 is 1.77 bits per heavy atom. The third-order valence-corrected chi connectivity index (χ3v) is 6.61. The molecule has 3 aromatic rings. The van der Waals surface area contributed by atoms with Crippen LogP contribution in [0, 0.1) is 19.7 Å². The van der Waals surface area contributed by atoms with Crippen molar-refractivity contribution in [2.45, 2.75) is 30.2 Å². The summed E-state index contributed by atoms with van der Waals surface area (Å²) in [5, 5.41) is 0.599. The van der Waals surface area contributed by atoms with Gasteiger partial charge in [0.05, 0.1) is 4.90 Å². The van der Waals surface area contributed by atoms with Gasteiger partial charge >= 0.3 is 0 Å². The Hall–Kier alpha value is -2.31. The summed E-state index contributed by atoms with van der Waals surface area (Å²) in [4.78, 5) is 0.0669. The molecule has 0 aliphatic heterocycles. The predicted molar refractivity (Wildman–Crippen MR) is 101 cm³/mol. The summed E-state index contributed by atoms with van der Waals surface area (Å²) in [7, 11) is -3.86. The van der Waals surface area contributed by atoms with Gasteiger partial charge in [0.2, 0.25) is 9.84 Å². The zero-order valence-corrected chi connectivity index (χ0v) is 15.9. The number of anilines is 1. The molecule has 0 aliphatic rings. The average Bonchev–Trinajstić information content (AvgIpc) is 2.79.